The summed E-state index contributed by atoms with van der Waals surface area (Å²) in [6.45, 7) is 6.07. The van der Waals surface area contributed by atoms with Gasteiger partial charge in [0, 0.05) is 12.8 Å². The topological polar surface area (TPSA) is 83.6 Å². The second-order valence-corrected chi connectivity index (χ2v) is 8.07. The smallest absolute Gasteiger partial charge is 0.245 e. The standard InChI is InChI=1S/C14H26N2O4S/c1-5-10(3)12-13(17)15-11(6-2)14(18)16(12)8-7-9-21(4,19)20/h10-12H,5-9H2,1-4H3,(H,15,17). The van der Waals surface area contributed by atoms with E-state index in [1.807, 2.05) is 20.8 Å². The van der Waals surface area contributed by atoms with Crippen molar-refractivity contribution >= 4 is 21.7 Å². The van der Waals surface area contributed by atoms with E-state index < -0.39 is 21.9 Å². The fourth-order valence-electron chi connectivity index (χ4n) is 2.61. The molecule has 0 radical (unpaired) electrons. The number of rotatable bonds is 7. The molecule has 122 valence electrons. The van der Waals surface area contributed by atoms with Crippen LogP contribution in [0.15, 0.2) is 0 Å². The zero-order valence-electron chi connectivity index (χ0n) is 13.3. The number of nitrogens with one attached hydrogen (secondary N) is 1. The summed E-state index contributed by atoms with van der Waals surface area (Å²) in [5.74, 6) is -0.154. The Morgan fingerprint density at radius 3 is 2.38 bits per heavy atom. The van der Waals surface area contributed by atoms with Gasteiger partial charge >= 0.3 is 0 Å². The minimum absolute atomic E-state index is 0.0302. The van der Waals surface area contributed by atoms with Crippen molar-refractivity contribution in [3.8, 4) is 0 Å². The summed E-state index contributed by atoms with van der Waals surface area (Å²) in [4.78, 5) is 26.3. The third kappa shape index (κ3) is 4.69. The first-order valence-electron chi connectivity index (χ1n) is 7.49. The van der Waals surface area contributed by atoms with Gasteiger partial charge in [0.1, 0.15) is 21.9 Å². The molecular weight excluding hydrogens is 292 g/mol. The fourth-order valence-corrected chi connectivity index (χ4v) is 3.26. The predicted octanol–water partition coefficient (Wildman–Crippen LogP) is 0.573. The second-order valence-electron chi connectivity index (χ2n) is 5.81. The third-order valence-electron chi connectivity index (χ3n) is 4.01. The van der Waals surface area contributed by atoms with E-state index in [0.717, 1.165) is 6.42 Å². The Morgan fingerprint density at radius 2 is 1.90 bits per heavy atom. The molecule has 0 aromatic heterocycles. The van der Waals surface area contributed by atoms with Crippen molar-refractivity contribution in [2.75, 3.05) is 18.6 Å². The molecular formula is C14H26N2O4S. The van der Waals surface area contributed by atoms with Crippen LogP contribution in [0.25, 0.3) is 0 Å². The average molecular weight is 318 g/mol. The first-order valence-corrected chi connectivity index (χ1v) is 9.55. The molecule has 0 saturated carbocycles. The molecule has 0 aromatic rings. The van der Waals surface area contributed by atoms with Crippen LogP contribution in [0.4, 0.5) is 0 Å². The normalized spacial score (nSPS) is 24.9. The molecule has 1 saturated heterocycles. The SMILES string of the molecule is CCC1NC(=O)C(C(C)CC)N(CCCS(C)(=O)=O)C1=O. The Kier molecular flexibility index (Phi) is 6.19. The fraction of sp³-hybridized carbons (Fsp3) is 0.857. The van der Waals surface area contributed by atoms with Gasteiger partial charge < -0.3 is 10.2 Å². The summed E-state index contributed by atoms with van der Waals surface area (Å²) in [6.07, 6.45) is 2.87. The van der Waals surface area contributed by atoms with Crippen LogP contribution in [0, 0.1) is 5.92 Å². The third-order valence-corrected chi connectivity index (χ3v) is 5.04. The molecule has 2 amide bonds. The van der Waals surface area contributed by atoms with E-state index in [0.29, 0.717) is 19.4 Å². The summed E-state index contributed by atoms with van der Waals surface area (Å²) in [5.41, 5.74) is 0. The molecule has 0 aliphatic carbocycles. The van der Waals surface area contributed by atoms with Crippen molar-refractivity contribution in [2.24, 2.45) is 5.92 Å². The largest absolute Gasteiger partial charge is 0.343 e. The molecule has 1 N–H and O–H groups in total. The van der Waals surface area contributed by atoms with Gasteiger partial charge in [-0.3, -0.25) is 9.59 Å². The predicted molar refractivity (Wildman–Crippen MR) is 81.5 cm³/mol. The molecule has 0 aromatic carbocycles. The minimum Gasteiger partial charge on any atom is -0.343 e. The van der Waals surface area contributed by atoms with Crippen molar-refractivity contribution in [1.29, 1.82) is 0 Å². The zero-order chi connectivity index (χ0) is 16.2. The highest BCUT2D eigenvalue weighted by Gasteiger charge is 2.41. The van der Waals surface area contributed by atoms with E-state index in [-0.39, 0.29) is 23.5 Å². The van der Waals surface area contributed by atoms with Crippen molar-refractivity contribution in [1.82, 2.24) is 10.2 Å². The van der Waals surface area contributed by atoms with Crippen LogP contribution in [-0.4, -0.2) is 55.8 Å². The van der Waals surface area contributed by atoms with Crippen molar-refractivity contribution < 1.29 is 18.0 Å². The Labute approximate surface area is 127 Å². The molecule has 21 heavy (non-hydrogen) atoms. The lowest BCUT2D eigenvalue weighted by molar-refractivity contribution is -0.151. The lowest BCUT2D eigenvalue weighted by Gasteiger charge is -2.41. The Morgan fingerprint density at radius 1 is 1.29 bits per heavy atom. The number of amides is 2. The van der Waals surface area contributed by atoms with Crippen LogP contribution in [0.2, 0.25) is 0 Å². The van der Waals surface area contributed by atoms with Gasteiger partial charge in [0.2, 0.25) is 11.8 Å². The Hall–Kier alpha value is -1.11. The molecule has 1 aliphatic heterocycles. The molecule has 3 atom stereocenters. The summed E-state index contributed by atoms with van der Waals surface area (Å²) in [7, 11) is -3.06. The maximum absolute atomic E-state index is 12.5. The monoisotopic (exact) mass is 318 g/mol. The zero-order valence-corrected chi connectivity index (χ0v) is 14.1. The van der Waals surface area contributed by atoms with Crippen LogP contribution >= 0.6 is 0 Å². The van der Waals surface area contributed by atoms with E-state index >= 15 is 0 Å². The summed E-state index contributed by atoms with van der Waals surface area (Å²) >= 11 is 0. The van der Waals surface area contributed by atoms with Crippen molar-refractivity contribution in [3.63, 3.8) is 0 Å². The Bertz CT molecular complexity index is 489. The first-order chi connectivity index (χ1) is 9.71. The van der Waals surface area contributed by atoms with E-state index in [1.54, 1.807) is 4.90 Å². The molecule has 7 heteroatoms. The number of hydrogen-bond donors (Lipinski definition) is 1. The lowest BCUT2D eigenvalue weighted by Crippen LogP contribution is -2.65. The van der Waals surface area contributed by atoms with Gasteiger partial charge in [0.05, 0.1) is 5.75 Å². The summed E-state index contributed by atoms with van der Waals surface area (Å²) in [5, 5.41) is 2.77. The molecule has 1 rings (SSSR count). The van der Waals surface area contributed by atoms with Crippen molar-refractivity contribution in [2.45, 2.75) is 52.1 Å². The maximum Gasteiger partial charge on any atom is 0.245 e. The molecule has 1 heterocycles. The maximum atomic E-state index is 12.5. The molecule has 1 fully saturated rings. The van der Waals surface area contributed by atoms with Gasteiger partial charge in [-0.05, 0) is 18.8 Å². The summed E-state index contributed by atoms with van der Waals surface area (Å²) < 4.78 is 22.5. The Balaban J connectivity index is 2.88. The highest BCUT2D eigenvalue weighted by molar-refractivity contribution is 7.90. The van der Waals surface area contributed by atoms with E-state index in [4.69, 9.17) is 0 Å². The average Bonchev–Trinajstić information content (AvgIpc) is 2.40. The number of carbonyl (C=O) groups is 2. The highest BCUT2D eigenvalue weighted by Crippen LogP contribution is 2.21. The molecule has 3 unspecified atom stereocenters. The number of carbonyl (C=O) groups excluding carboxylic acids is 2. The van der Waals surface area contributed by atoms with Crippen LogP contribution in [-0.2, 0) is 19.4 Å². The minimum atomic E-state index is -3.06. The van der Waals surface area contributed by atoms with E-state index in [1.165, 1.54) is 6.26 Å². The second kappa shape index (κ2) is 7.24. The number of piperazine rings is 1. The van der Waals surface area contributed by atoms with Gasteiger partial charge in [0.15, 0.2) is 0 Å². The van der Waals surface area contributed by atoms with Gasteiger partial charge in [0.25, 0.3) is 0 Å². The molecule has 0 spiro atoms. The molecule has 1 aliphatic rings. The van der Waals surface area contributed by atoms with Crippen LogP contribution < -0.4 is 5.32 Å². The van der Waals surface area contributed by atoms with E-state index in [2.05, 4.69) is 5.32 Å². The number of sulfone groups is 1. The van der Waals surface area contributed by atoms with Gasteiger partial charge in [-0.25, -0.2) is 8.42 Å². The molecule has 6 nitrogen and oxygen atoms in total. The van der Waals surface area contributed by atoms with Crippen LogP contribution in [0.5, 0.6) is 0 Å². The molecule has 0 bridgehead atoms. The van der Waals surface area contributed by atoms with Gasteiger partial charge in [-0.1, -0.05) is 27.2 Å². The summed E-state index contributed by atoms with van der Waals surface area (Å²) in [6, 6.07) is -0.985. The van der Waals surface area contributed by atoms with Crippen LogP contribution in [0.1, 0.15) is 40.0 Å². The van der Waals surface area contributed by atoms with Crippen LogP contribution in [0.3, 0.4) is 0 Å². The first kappa shape index (κ1) is 17.9. The highest BCUT2D eigenvalue weighted by atomic mass is 32.2. The quantitative estimate of drug-likeness (QED) is 0.744. The van der Waals surface area contributed by atoms with Crippen molar-refractivity contribution in [3.05, 3.63) is 0 Å². The van der Waals surface area contributed by atoms with Gasteiger partial charge in [-0.2, -0.15) is 0 Å². The number of hydrogen-bond acceptors (Lipinski definition) is 4. The van der Waals surface area contributed by atoms with Gasteiger partial charge in [-0.15, -0.1) is 0 Å². The lowest BCUT2D eigenvalue weighted by atomic mass is 9.92. The van der Waals surface area contributed by atoms with E-state index in [9.17, 15) is 18.0 Å². The number of nitrogens with zero attached hydrogens (tertiary/aromatic N) is 1.